The molecule has 0 bridgehead atoms. The van der Waals surface area contributed by atoms with E-state index in [0.29, 0.717) is 25.7 Å². The number of allylic oxidation sites excluding steroid dienone is 1. The van der Waals surface area contributed by atoms with Crippen LogP contribution in [0.5, 0.6) is 0 Å². The van der Waals surface area contributed by atoms with Gasteiger partial charge in [0.15, 0.2) is 11.6 Å². The van der Waals surface area contributed by atoms with Crippen molar-refractivity contribution in [1.29, 1.82) is 0 Å². The van der Waals surface area contributed by atoms with Crippen LogP contribution in [0.4, 0.5) is 0 Å². The van der Waals surface area contributed by atoms with E-state index >= 15 is 0 Å². The van der Waals surface area contributed by atoms with Crippen LogP contribution >= 0.6 is 11.6 Å². The van der Waals surface area contributed by atoms with Gasteiger partial charge in [0.05, 0.1) is 4.87 Å². The molecule has 7 atom stereocenters. The first-order chi connectivity index (χ1) is 12.5. The van der Waals surface area contributed by atoms with E-state index in [0.717, 1.165) is 18.4 Å². The predicted octanol–water partition coefficient (Wildman–Crippen LogP) is 2.14. The average molecular weight is 397 g/mol. The molecule has 0 radical (unpaired) electrons. The van der Waals surface area contributed by atoms with Gasteiger partial charge >= 0.3 is 0 Å². The molecule has 0 aromatic carbocycles. The van der Waals surface area contributed by atoms with Gasteiger partial charge in [-0.1, -0.05) is 19.4 Å². The molecule has 0 aromatic heterocycles. The van der Waals surface area contributed by atoms with E-state index < -0.39 is 39.8 Å². The van der Waals surface area contributed by atoms with Crippen molar-refractivity contribution in [3.05, 3.63) is 11.6 Å². The van der Waals surface area contributed by atoms with Crippen molar-refractivity contribution in [3.8, 4) is 0 Å². The molecule has 3 saturated carbocycles. The number of alkyl halides is 1. The zero-order valence-electron chi connectivity index (χ0n) is 16.0. The van der Waals surface area contributed by atoms with Gasteiger partial charge in [-0.2, -0.15) is 0 Å². The fourth-order valence-electron chi connectivity index (χ4n) is 7.08. The SMILES string of the molecule is C[C@]12CC(=O)C(O)C=C1CC[C@H]1[C@@H]3CC[C@](O)(C(=O)CO)[C@@]3(C)CC[C@@]12Cl. The quantitative estimate of drug-likeness (QED) is 0.491. The average Bonchev–Trinajstić information content (AvgIpc) is 2.90. The minimum Gasteiger partial charge on any atom is -0.388 e. The number of Topliss-reactive ketones (excluding diaryl/α,β-unsaturated/α-hetero) is 2. The van der Waals surface area contributed by atoms with Crippen molar-refractivity contribution in [1.82, 2.24) is 0 Å². The molecule has 27 heavy (non-hydrogen) atoms. The molecule has 0 saturated heterocycles. The molecule has 0 aliphatic heterocycles. The van der Waals surface area contributed by atoms with Gasteiger partial charge in [-0.05, 0) is 56.4 Å². The molecule has 6 heteroatoms. The summed E-state index contributed by atoms with van der Waals surface area (Å²) >= 11 is 7.35. The highest BCUT2D eigenvalue weighted by molar-refractivity contribution is 6.25. The zero-order valence-corrected chi connectivity index (χ0v) is 16.8. The Bertz CT molecular complexity index is 734. The van der Waals surface area contributed by atoms with E-state index in [1.165, 1.54) is 0 Å². The predicted molar refractivity (Wildman–Crippen MR) is 100 cm³/mol. The van der Waals surface area contributed by atoms with E-state index in [1.807, 2.05) is 13.8 Å². The number of carbonyl (C=O) groups is 2. The normalized spacial score (nSPS) is 51.9. The number of aliphatic hydroxyl groups excluding tert-OH is 2. The van der Waals surface area contributed by atoms with Crippen LogP contribution in [0.2, 0.25) is 0 Å². The van der Waals surface area contributed by atoms with Crippen molar-refractivity contribution < 1.29 is 24.9 Å². The molecule has 3 fully saturated rings. The molecule has 150 valence electrons. The molecule has 0 spiro atoms. The minimum atomic E-state index is -1.50. The van der Waals surface area contributed by atoms with E-state index in [2.05, 4.69) is 0 Å². The Labute approximate surface area is 164 Å². The van der Waals surface area contributed by atoms with E-state index in [4.69, 9.17) is 11.6 Å². The molecule has 4 aliphatic rings. The highest BCUT2D eigenvalue weighted by atomic mass is 35.5. The van der Waals surface area contributed by atoms with Gasteiger partial charge in [0.25, 0.3) is 0 Å². The lowest BCUT2D eigenvalue weighted by molar-refractivity contribution is -0.163. The molecular formula is C21H29ClO5. The smallest absolute Gasteiger partial charge is 0.190 e. The third kappa shape index (κ3) is 2.23. The number of aliphatic hydroxyl groups is 3. The number of fused-ring (bicyclic) bond motifs is 5. The summed E-state index contributed by atoms with van der Waals surface area (Å²) < 4.78 is 0. The largest absolute Gasteiger partial charge is 0.388 e. The van der Waals surface area contributed by atoms with Crippen molar-refractivity contribution in [2.75, 3.05) is 6.61 Å². The summed E-state index contributed by atoms with van der Waals surface area (Å²) in [5.41, 5.74) is -1.54. The number of rotatable bonds is 2. The standard InChI is InChI=1S/C21H29ClO5/c1-18-7-8-20(22)14(13(18)5-6-21(18,27)17(26)11-23)4-3-12-9-15(24)16(25)10-19(12,20)2/h9,13-15,23-24,27H,3-8,10-11H2,1-2H3/t13-,14-,15?,18-,19-,20+,21-/m0/s1. The molecule has 3 N–H and O–H groups in total. The first-order valence-corrected chi connectivity index (χ1v) is 10.4. The number of hydrogen-bond acceptors (Lipinski definition) is 5. The van der Waals surface area contributed by atoms with Gasteiger partial charge in [0.2, 0.25) is 0 Å². The van der Waals surface area contributed by atoms with Crippen molar-refractivity contribution >= 4 is 23.2 Å². The topological polar surface area (TPSA) is 94.8 Å². The number of ketones is 2. The number of halogens is 1. The summed E-state index contributed by atoms with van der Waals surface area (Å²) in [4.78, 5) is 24.1. The summed E-state index contributed by atoms with van der Waals surface area (Å²) in [6.45, 7) is 3.37. The van der Waals surface area contributed by atoms with Gasteiger partial charge in [0.1, 0.15) is 18.3 Å². The fourth-order valence-corrected chi connectivity index (χ4v) is 7.62. The van der Waals surface area contributed by atoms with Crippen LogP contribution in [0.15, 0.2) is 11.6 Å². The van der Waals surface area contributed by atoms with Crippen molar-refractivity contribution in [3.63, 3.8) is 0 Å². The third-order valence-corrected chi connectivity index (χ3v) is 9.72. The third-order valence-electron chi connectivity index (χ3n) is 8.83. The van der Waals surface area contributed by atoms with Crippen LogP contribution in [0.3, 0.4) is 0 Å². The Morgan fingerprint density at radius 2 is 1.93 bits per heavy atom. The molecule has 4 aliphatic carbocycles. The Morgan fingerprint density at radius 1 is 1.22 bits per heavy atom. The lowest BCUT2D eigenvalue weighted by Crippen LogP contribution is -2.64. The van der Waals surface area contributed by atoms with Gasteiger partial charge in [-0.3, -0.25) is 9.59 Å². The Morgan fingerprint density at radius 3 is 2.59 bits per heavy atom. The van der Waals surface area contributed by atoms with Crippen LogP contribution < -0.4 is 0 Å². The second kappa shape index (κ2) is 5.88. The maximum Gasteiger partial charge on any atom is 0.190 e. The first-order valence-electron chi connectivity index (χ1n) is 10.0. The summed E-state index contributed by atoms with van der Waals surface area (Å²) in [6.07, 6.45) is 4.75. The van der Waals surface area contributed by atoms with Crippen LogP contribution in [0.1, 0.15) is 58.8 Å². The summed E-state index contributed by atoms with van der Waals surface area (Å²) in [6, 6.07) is 0. The van der Waals surface area contributed by atoms with E-state index in [-0.39, 0.29) is 24.0 Å². The van der Waals surface area contributed by atoms with Crippen LogP contribution in [0, 0.1) is 22.7 Å². The Balaban J connectivity index is 1.75. The zero-order chi connectivity index (χ0) is 19.8. The molecule has 4 rings (SSSR count). The second-order valence-corrected chi connectivity index (χ2v) is 10.3. The van der Waals surface area contributed by atoms with Crippen molar-refractivity contribution in [2.24, 2.45) is 22.7 Å². The maximum atomic E-state index is 12.4. The molecule has 0 aromatic rings. The van der Waals surface area contributed by atoms with Gasteiger partial charge in [-0.25, -0.2) is 0 Å². The lowest BCUT2D eigenvalue weighted by Gasteiger charge is -2.63. The molecule has 1 unspecified atom stereocenters. The molecular weight excluding hydrogens is 368 g/mol. The van der Waals surface area contributed by atoms with E-state index in [1.54, 1.807) is 6.08 Å². The fraction of sp³-hybridized carbons (Fsp3) is 0.810. The highest BCUT2D eigenvalue weighted by Crippen LogP contribution is 2.71. The van der Waals surface area contributed by atoms with Crippen LogP contribution in [0.25, 0.3) is 0 Å². The van der Waals surface area contributed by atoms with Crippen molar-refractivity contribution in [2.45, 2.75) is 75.4 Å². The van der Waals surface area contributed by atoms with Gasteiger partial charge in [0, 0.05) is 17.3 Å². The summed E-state index contributed by atoms with van der Waals surface area (Å²) in [7, 11) is 0. The molecule has 0 heterocycles. The monoisotopic (exact) mass is 396 g/mol. The lowest BCUT2D eigenvalue weighted by atomic mass is 9.45. The highest BCUT2D eigenvalue weighted by Gasteiger charge is 2.70. The van der Waals surface area contributed by atoms with Gasteiger partial charge in [-0.15, -0.1) is 11.6 Å². The second-order valence-electron chi connectivity index (χ2n) is 9.62. The molecule has 5 nitrogen and oxygen atoms in total. The molecule has 0 amide bonds. The van der Waals surface area contributed by atoms with Crippen LogP contribution in [-0.4, -0.2) is 50.1 Å². The Kier molecular flexibility index (Phi) is 4.26. The van der Waals surface area contributed by atoms with Crippen LogP contribution in [-0.2, 0) is 9.59 Å². The first kappa shape index (κ1) is 19.6. The maximum absolute atomic E-state index is 12.4. The minimum absolute atomic E-state index is 0.0737. The van der Waals surface area contributed by atoms with E-state index in [9.17, 15) is 24.9 Å². The van der Waals surface area contributed by atoms with Gasteiger partial charge < -0.3 is 15.3 Å². The summed E-state index contributed by atoms with van der Waals surface area (Å²) in [5, 5.41) is 30.6. The number of carbonyl (C=O) groups excluding carboxylic acids is 2. The summed E-state index contributed by atoms with van der Waals surface area (Å²) in [5.74, 6) is -0.519. The Hall–Kier alpha value is -0.750. The number of hydrogen-bond donors (Lipinski definition) is 3.